The average Bonchev–Trinajstić information content (AvgIpc) is 2.28. The quantitative estimate of drug-likeness (QED) is 0.792. The Morgan fingerprint density at radius 3 is 2.53 bits per heavy atom. The maximum atomic E-state index is 13.2. The first-order valence-corrected chi connectivity index (χ1v) is 5.63. The minimum Gasteiger partial charge on any atom is -0.507 e. The van der Waals surface area contributed by atoms with E-state index in [-0.39, 0.29) is 10.8 Å². The van der Waals surface area contributed by atoms with Crippen molar-refractivity contribution in [3.63, 3.8) is 0 Å². The standard InChI is InChI=1S/C14H12ClFO/c1-8-4-3-5-10(9(8)2)11-6-12(15)13(16)7-14(11)17/h3-7,17H,1-2H3. The number of halogens is 2. The van der Waals surface area contributed by atoms with Crippen LogP contribution in [0.4, 0.5) is 4.39 Å². The topological polar surface area (TPSA) is 20.2 Å². The molecule has 0 unspecified atom stereocenters. The van der Waals surface area contributed by atoms with Gasteiger partial charge in [-0.05, 0) is 36.6 Å². The molecule has 2 rings (SSSR count). The number of phenolic OH excluding ortho intramolecular Hbond substituents is 1. The first-order valence-electron chi connectivity index (χ1n) is 5.25. The van der Waals surface area contributed by atoms with Crippen LogP contribution in [0, 0.1) is 19.7 Å². The van der Waals surface area contributed by atoms with E-state index < -0.39 is 5.82 Å². The zero-order valence-electron chi connectivity index (χ0n) is 9.59. The number of aromatic hydroxyl groups is 1. The summed E-state index contributed by atoms with van der Waals surface area (Å²) in [6, 6.07) is 8.26. The second-order valence-corrected chi connectivity index (χ2v) is 4.44. The van der Waals surface area contributed by atoms with Crippen LogP contribution in [-0.4, -0.2) is 5.11 Å². The molecular formula is C14H12ClFO. The monoisotopic (exact) mass is 250 g/mol. The first-order chi connectivity index (χ1) is 8.00. The third-order valence-electron chi connectivity index (χ3n) is 2.93. The van der Waals surface area contributed by atoms with E-state index in [1.54, 1.807) is 0 Å². The number of aryl methyl sites for hydroxylation is 1. The van der Waals surface area contributed by atoms with Crippen molar-refractivity contribution < 1.29 is 9.50 Å². The number of hydrogen-bond acceptors (Lipinski definition) is 1. The maximum absolute atomic E-state index is 13.2. The van der Waals surface area contributed by atoms with Gasteiger partial charge in [0.1, 0.15) is 11.6 Å². The first kappa shape index (κ1) is 11.9. The van der Waals surface area contributed by atoms with Crippen LogP contribution in [0.15, 0.2) is 30.3 Å². The lowest BCUT2D eigenvalue weighted by atomic mass is 9.96. The average molecular weight is 251 g/mol. The highest BCUT2D eigenvalue weighted by molar-refractivity contribution is 6.31. The second-order valence-electron chi connectivity index (χ2n) is 4.03. The summed E-state index contributed by atoms with van der Waals surface area (Å²) in [5, 5.41) is 9.80. The molecule has 0 amide bonds. The number of rotatable bonds is 1. The largest absolute Gasteiger partial charge is 0.507 e. The summed E-state index contributed by atoms with van der Waals surface area (Å²) in [7, 11) is 0. The molecule has 0 saturated heterocycles. The van der Waals surface area contributed by atoms with Crippen LogP contribution in [0.3, 0.4) is 0 Å². The van der Waals surface area contributed by atoms with Crippen LogP contribution in [0.1, 0.15) is 11.1 Å². The predicted molar refractivity (Wildman–Crippen MR) is 68.0 cm³/mol. The minimum atomic E-state index is -0.613. The van der Waals surface area contributed by atoms with Gasteiger partial charge in [-0.3, -0.25) is 0 Å². The Bertz CT molecular complexity index is 579. The Morgan fingerprint density at radius 1 is 1.12 bits per heavy atom. The molecule has 0 aliphatic heterocycles. The van der Waals surface area contributed by atoms with Gasteiger partial charge in [-0.2, -0.15) is 0 Å². The van der Waals surface area contributed by atoms with E-state index in [1.807, 2.05) is 32.0 Å². The summed E-state index contributed by atoms with van der Waals surface area (Å²) in [6.07, 6.45) is 0. The lowest BCUT2D eigenvalue weighted by molar-refractivity contribution is 0.471. The Morgan fingerprint density at radius 2 is 1.82 bits per heavy atom. The molecule has 17 heavy (non-hydrogen) atoms. The molecule has 0 aliphatic rings. The zero-order valence-corrected chi connectivity index (χ0v) is 10.3. The van der Waals surface area contributed by atoms with Gasteiger partial charge < -0.3 is 5.11 Å². The van der Waals surface area contributed by atoms with Gasteiger partial charge in [-0.1, -0.05) is 29.8 Å². The molecule has 0 spiro atoms. The Balaban J connectivity index is 2.69. The van der Waals surface area contributed by atoms with E-state index in [0.29, 0.717) is 5.56 Å². The summed E-state index contributed by atoms with van der Waals surface area (Å²) in [4.78, 5) is 0. The van der Waals surface area contributed by atoms with E-state index >= 15 is 0 Å². The summed E-state index contributed by atoms with van der Waals surface area (Å²) in [5.74, 6) is -0.709. The molecule has 1 N–H and O–H groups in total. The molecule has 2 aromatic carbocycles. The fraction of sp³-hybridized carbons (Fsp3) is 0.143. The van der Waals surface area contributed by atoms with Crippen LogP contribution < -0.4 is 0 Å². The highest BCUT2D eigenvalue weighted by Crippen LogP contribution is 2.35. The number of phenols is 1. The summed E-state index contributed by atoms with van der Waals surface area (Å²) in [6.45, 7) is 3.95. The van der Waals surface area contributed by atoms with Crippen molar-refractivity contribution in [2.24, 2.45) is 0 Å². The van der Waals surface area contributed by atoms with Crippen LogP contribution in [0.2, 0.25) is 5.02 Å². The van der Waals surface area contributed by atoms with Crippen molar-refractivity contribution in [2.75, 3.05) is 0 Å². The number of benzene rings is 2. The van der Waals surface area contributed by atoms with Crippen molar-refractivity contribution in [3.05, 3.63) is 52.3 Å². The molecule has 0 atom stereocenters. The fourth-order valence-corrected chi connectivity index (χ4v) is 1.96. The smallest absolute Gasteiger partial charge is 0.145 e. The molecule has 0 radical (unpaired) electrons. The maximum Gasteiger partial charge on any atom is 0.145 e. The van der Waals surface area contributed by atoms with E-state index in [4.69, 9.17) is 11.6 Å². The highest BCUT2D eigenvalue weighted by Gasteiger charge is 2.12. The van der Waals surface area contributed by atoms with Crippen molar-refractivity contribution in [1.29, 1.82) is 0 Å². The molecule has 2 aromatic rings. The molecule has 0 aromatic heterocycles. The Hall–Kier alpha value is -1.54. The fourth-order valence-electron chi connectivity index (χ4n) is 1.79. The molecule has 0 fully saturated rings. The van der Waals surface area contributed by atoms with Gasteiger partial charge in [0.15, 0.2) is 0 Å². The van der Waals surface area contributed by atoms with Gasteiger partial charge in [-0.25, -0.2) is 4.39 Å². The molecule has 0 bridgehead atoms. The summed E-state index contributed by atoms with van der Waals surface area (Å²) >= 11 is 5.74. The molecule has 1 nitrogen and oxygen atoms in total. The van der Waals surface area contributed by atoms with E-state index in [1.165, 1.54) is 6.07 Å². The molecular weight excluding hydrogens is 239 g/mol. The lowest BCUT2D eigenvalue weighted by Crippen LogP contribution is -1.89. The van der Waals surface area contributed by atoms with Gasteiger partial charge in [0, 0.05) is 11.6 Å². The third-order valence-corrected chi connectivity index (χ3v) is 3.22. The van der Waals surface area contributed by atoms with Gasteiger partial charge in [0.2, 0.25) is 0 Å². The van der Waals surface area contributed by atoms with Crippen LogP contribution >= 0.6 is 11.6 Å². The van der Waals surface area contributed by atoms with Crippen LogP contribution in [0.25, 0.3) is 11.1 Å². The normalized spacial score (nSPS) is 10.6. The second kappa shape index (κ2) is 4.38. The number of hydrogen-bond donors (Lipinski definition) is 1. The SMILES string of the molecule is Cc1cccc(-c2cc(Cl)c(F)cc2O)c1C. The van der Waals surface area contributed by atoms with Gasteiger partial charge in [0.25, 0.3) is 0 Å². The minimum absolute atomic E-state index is 0.0127. The van der Waals surface area contributed by atoms with E-state index in [9.17, 15) is 9.50 Å². The van der Waals surface area contributed by atoms with Gasteiger partial charge in [-0.15, -0.1) is 0 Å². The van der Waals surface area contributed by atoms with Gasteiger partial charge >= 0.3 is 0 Å². The summed E-state index contributed by atoms with van der Waals surface area (Å²) < 4.78 is 13.2. The van der Waals surface area contributed by atoms with Crippen molar-refractivity contribution >= 4 is 11.6 Å². The Kier molecular flexibility index (Phi) is 3.07. The Labute approximate surface area is 104 Å². The molecule has 0 heterocycles. The van der Waals surface area contributed by atoms with E-state index in [0.717, 1.165) is 22.8 Å². The third kappa shape index (κ3) is 2.13. The molecule has 3 heteroatoms. The van der Waals surface area contributed by atoms with Crippen LogP contribution in [-0.2, 0) is 0 Å². The highest BCUT2D eigenvalue weighted by atomic mass is 35.5. The molecule has 88 valence electrons. The molecule has 0 saturated carbocycles. The molecule has 0 aliphatic carbocycles. The van der Waals surface area contributed by atoms with Crippen molar-refractivity contribution in [3.8, 4) is 16.9 Å². The van der Waals surface area contributed by atoms with Crippen molar-refractivity contribution in [1.82, 2.24) is 0 Å². The lowest BCUT2D eigenvalue weighted by Gasteiger charge is -2.11. The van der Waals surface area contributed by atoms with Crippen LogP contribution in [0.5, 0.6) is 5.75 Å². The zero-order chi connectivity index (χ0) is 12.6. The summed E-state index contributed by atoms with van der Waals surface area (Å²) in [5.41, 5.74) is 3.58. The van der Waals surface area contributed by atoms with Crippen molar-refractivity contribution in [2.45, 2.75) is 13.8 Å². The predicted octanol–water partition coefficient (Wildman–Crippen LogP) is 4.47. The van der Waals surface area contributed by atoms with Gasteiger partial charge in [0.05, 0.1) is 5.02 Å². The van der Waals surface area contributed by atoms with E-state index in [2.05, 4.69) is 0 Å².